The summed E-state index contributed by atoms with van der Waals surface area (Å²) in [6, 6.07) is 3.88. The second-order valence-electron chi connectivity index (χ2n) is 3.86. The van der Waals surface area contributed by atoms with Gasteiger partial charge < -0.3 is 10.5 Å². The zero-order chi connectivity index (χ0) is 12.3. The smallest absolute Gasteiger partial charge is 0.170 e. The summed E-state index contributed by atoms with van der Waals surface area (Å²) in [5.74, 6) is -0.864. The SMILES string of the molecule is COc1ccc(C(=O)C(C)C(C)N)c(F)c1. The lowest BCUT2D eigenvalue weighted by atomic mass is 9.93. The van der Waals surface area contributed by atoms with E-state index in [0.29, 0.717) is 5.75 Å². The van der Waals surface area contributed by atoms with E-state index in [4.69, 9.17) is 10.5 Å². The zero-order valence-corrected chi connectivity index (χ0v) is 9.66. The second kappa shape index (κ2) is 5.07. The van der Waals surface area contributed by atoms with Crippen LogP contribution < -0.4 is 10.5 Å². The average Bonchev–Trinajstić information content (AvgIpc) is 2.26. The third-order valence-corrected chi connectivity index (χ3v) is 2.64. The van der Waals surface area contributed by atoms with Crippen LogP contribution in [0, 0.1) is 11.7 Å². The molecule has 1 rings (SSSR count). The van der Waals surface area contributed by atoms with Crippen LogP contribution in [0.2, 0.25) is 0 Å². The molecule has 3 nitrogen and oxygen atoms in total. The summed E-state index contributed by atoms with van der Waals surface area (Å²) in [7, 11) is 1.45. The van der Waals surface area contributed by atoms with E-state index < -0.39 is 11.7 Å². The molecule has 16 heavy (non-hydrogen) atoms. The van der Waals surface area contributed by atoms with Crippen molar-refractivity contribution in [2.24, 2.45) is 11.7 Å². The molecule has 0 amide bonds. The molecular formula is C12H16FNO2. The first kappa shape index (κ1) is 12.6. The number of rotatable bonds is 4. The molecule has 0 heterocycles. The highest BCUT2D eigenvalue weighted by Gasteiger charge is 2.21. The van der Waals surface area contributed by atoms with E-state index in [1.807, 2.05) is 0 Å². The fraction of sp³-hybridized carbons (Fsp3) is 0.417. The molecule has 4 heteroatoms. The van der Waals surface area contributed by atoms with Gasteiger partial charge in [-0.3, -0.25) is 4.79 Å². The van der Waals surface area contributed by atoms with Gasteiger partial charge in [-0.2, -0.15) is 0 Å². The first-order chi connectivity index (χ1) is 7.47. The van der Waals surface area contributed by atoms with Crippen LogP contribution in [0.4, 0.5) is 4.39 Å². The Balaban J connectivity index is 3.01. The molecule has 0 fully saturated rings. The Morgan fingerprint density at radius 3 is 2.50 bits per heavy atom. The third-order valence-electron chi connectivity index (χ3n) is 2.64. The van der Waals surface area contributed by atoms with Gasteiger partial charge in [0.15, 0.2) is 5.78 Å². The highest BCUT2D eigenvalue weighted by Crippen LogP contribution is 2.19. The summed E-state index contributed by atoms with van der Waals surface area (Å²) < 4.78 is 18.4. The van der Waals surface area contributed by atoms with Gasteiger partial charge in [0, 0.05) is 18.0 Å². The molecule has 2 atom stereocenters. The Bertz CT molecular complexity index is 391. The second-order valence-corrected chi connectivity index (χ2v) is 3.86. The quantitative estimate of drug-likeness (QED) is 0.797. The Kier molecular flexibility index (Phi) is 4.01. The number of hydrogen-bond donors (Lipinski definition) is 1. The van der Waals surface area contributed by atoms with Crippen LogP contribution in [0.3, 0.4) is 0 Å². The van der Waals surface area contributed by atoms with E-state index >= 15 is 0 Å². The standard InChI is InChI=1S/C12H16FNO2/c1-7(8(2)14)12(15)10-5-4-9(16-3)6-11(10)13/h4-8H,14H2,1-3H3. The zero-order valence-electron chi connectivity index (χ0n) is 9.66. The number of benzene rings is 1. The molecule has 2 N–H and O–H groups in total. The Labute approximate surface area is 94.4 Å². The lowest BCUT2D eigenvalue weighted by molar-refractivity contribution is 0.0913. The molecule has 2 unspecified atom stereocenters. The van der Waals surface area contributed by atoms with Crippen molar-refractivity contribution in [1.29, 1.82) is 0 Å². The average molecular weight is 225 g/mol. The van der Waals surface area contributed by atoms with E-state index in [0.717, 1.165) is 0 Å². The minimum atomic E-state index is -0.572. The summed E-state index contributed by atoms with van der Waals surface area (Å²) in [4.78, 5) is 11.8. The lowest BCUT2D eigenvalue weighted by Gasteiger charge is -2.14. The van der Waals surface area contributed by atoms with Crippen LogP contribution in [0.25, 0.3) is 0 Å². The van der Waals surface area contributed by atoms with Gasteiger partial charge in [0.1, 0.15) is 11.6 Å². The molecule has 0 saturated carbocycles. The van der Waals surface area contributed by atoms with E-state index in [9.17, 15) is 9.18 Å². The molecule has 0 aliphatic carbocycles. The number of Topliss-reactive ketones (excluding diaryl/α,β-unsaturated/α-hetero) is 1. The normalized spacial score (nSPS) is 14.3. The molecule has 0 bridgehead atoms. The van der Waals surface area contributed by atoms with Crippen LogP contribution in [0.15, 0.2) is 18.2 Å². The van der Waals surface area contributed by atoms with Crippen LogP contribution in [-0.2, 0) is 0 Å². The van der Waals surface area contributed by atoms with Gasteiger partial charge in [0.2, 0.25) is 0 Å². The third kappa shape index (κ3) is 2.58. The largest absolute Gasteiger partial charge is 0.497 e. The fourth-order valence-electron chi connectivity index (χ4n) is 1.31. The van der Waals surface area contributed by atoms with Crippen molar-refractivity contribution < 1.29 is 13.9 Å². The van der Waals surface area contributed by atoms with Gasteiger partial charge in [-0.1, -0.05) is 6.92 Å². The van der Waals surface area contributed by atoms with E-state index in [-0.39, 0.29) is 17.4 Å². The number of halogens is 1. The van der Waals surface area contributed by atoms with Gasteiger partial charge >= 0.3 is 0 Å². The van der Waals surface area contributed by atoms with Crippen LogP contribution in [0.5, 0.6) is 5.75 Å². The topological polar surface area (TPSA) is 52.3 Å². The van der Waals surface area contributed by atoms with E-state index in [1.165, 1.54) is 19.2 Å². The highest BCUT2D eigenvalue weighted by molar-refractivity contribution is 5.98. The molecule has 1 aromatic carbocycles. The van der Waals surface area contributed by atoms with Crippen molar-refractivity contribution in [2.45, 2.75) is 19.9 Å². The van der Waals surface area contributed by atoms with Crippen molar-refractivity contribution >= 4 is 5.78 Å². The van der Waals surface area contributed by atoms with Gasteiger partial charge in [-0.05, 0) is 19.1 Å². The number of carbonyl (C=O) groups is 1. The number of hydrogen-bond acceptors (Lipinski definition) is 3. The van der Waals surface area contributed by atoms with E-state index in [2.05, 4.69) is 0 Å². The molecule has 0 aromatic heterocycles. The maximum Gasteiger partial charge on any atom is 0.170 e. The maximum atomic E-state index is 13.6. The van der Waals surface area contributed by atoms with E-state index in [1.54, 1.807) is 19.9 Å². The van der Waals surface area contributed by atoms with Crippen LogP contribution in [-0.4, -0.2) is 18.9 Å². The monoisotopic (exact) mass is 225 g/mol. The number of nitrogens with two attached hydrogens (primary N) is 1. The van der Waals surface area contributed by atoms with Gasteiger partial charge in [0.05, 0.1) is 12.7 Å². The highest BCUT2D eigenvalue weighted by atomic mass is 19.1. The summed E-state index contributed by atoms with van der Waals surface area (Å²) in [6.45, 7) is 3.42. The van der Waals surface area contributed by atoms with Crippen molar-refractivity contribution in [3.05, 3.63) is 29.6 Å². The summed E-state index contributed by atoms with van der Waals surface area (Å²) >= 11 is 0. The van der Waals surface area contributed by atoms with Crippen molar-refractivity contribution in [1.82, 2.24) is 0 Å². The summed E-state index contributed by atoms with van der Waals surface area (Å²) in [5.41, 5.74) is 5.67. The predicted octanol–water partition coefficient (Wildman–Crippen LogP) is 2.00. The molecule has 88 valence electrons. The van der Waals surface area contributed by atoms with Gasteiger partial charge in [0.25, 0.3) is 0 Å². The number of ketones is 1. The minimum absolute atomic E-state index is 0.0607. The number of carbonyl (C=O) groups excluding carboxylic acids is 1. The maximum absolute atomic E-state index is 13.6. The Hall–Kier alpha value is -1.42. The molecule has 0 spiro atoms. The Morgan fingerprint density at radius 2 is 2.06 bits per heavy atom. The minimum Gasteiger partial charge on any atom is -0.497 e. The van der Waals surface area contributed by atoms with Crippen molar-refractivity contribution in [2.75, 3.05) is 7.11 Å². The summed E-state index contributed by atoms with van der Waals surface area (Å²) in [5, 5.41) is 0. The molecule has 0 aliphatic rings. The molecular weight excluding hydrogens is 209 g/mol. The molecule has 0 saturated heterocycles. The van der Waals surface area contributed by atoms with Crippen LogP contribution in [0.1, 0.15) is 24.2 Å². The van der Waals surface area contributed by atoms with Crippen LogP contribution >= 0.6 is 0 Å². The number of methoxy groups -OCH3 is 1. The number of ether oxygens (including phenoxy) is 1. The van der Waals surface area contributed by atoms with Gasteiger partial charge in [-0.15, -0.1) is 0 Å². The molecule has 1 aromatic rings. The first-order valence-corrected chi connectivity index (χ1v) is 5.10. The van der Waals surface area contributed by atoms with Gasteiger partial charge in [-0.25, -0.2) is 4.39 Å². The lowest BCUT2D eigenvalue weighted by Crippen LogP contribution is -2.31. The fourth-order valence-corrected chi connectivity index (χ4v) is 1.31. The first-order valence-electron chi connectivity index (χ1n) is 5.10. The molecule has 0 aliphatic heterocycles. The summed E-state index contributed by atoms with van der Waals surface area (Å²) in [6.07, 6.45) is 0. The Morgan fingerprint density at radius 1 is 1.44 bits per heavy atom. The van der Waals surface area contributed by atoms with Crippen molar-refractivity contribution in [3.63, 3.8) is 0 Å². The van der Waals surface area contributed by atoms with Crippen molar-refractivity contribution in [3.8, 4) is 5.75 Å². The predicted molar refractivity (Wildman–Crippen MR) is 60.1 cm³/mol. The molecule has 0 radical (unpaired) electrons.